The first-order valence-electron chi connectivity index (χ1n) is 5.79. The van der Waals surface area contributed by atoms with Gasteiger partial charge in [-0.25, -0.2) is 4.68 Å². The first kappa shape index (κ1) is 11.0. The number of hydrogen-bond acceptors (Lipinski definition) is 3. The molecule has 1 aromatic rings. The highest BCUT2D eigenvalue weighted by Gasteiger charge is 2.19. The van der Waals surface area contributed by atoms with E-state index in [4.69, 9.17) is 10.00 Å². The normalized spacial score (nSPS) is 16.3. The molecule has 1 aliphatic carbocycles. The molecule has 0 radical (unpaired) electrons. The van der Waals surface area contributed by atoms with E-state index in [0.29, 0.717) is 24.0 Å². The molecule has 0 unspecified atom stereocenters. The summed E-state index contributed by atoms with van der Waals surface area (Å²) in [6.45, 7) is 2.55. The Kier molecular flexibility index (Phi) is 3.14. The SMILES string of the molecule is Cc1nn(C)c(OCC2CCCC2)c1C#N. The molecule has 1 fully saturated rings. The minimum atomic E-state index is 0.570. The van der Waals surface area contributed by atoms with E-state index >= 15 is 0 Å². The molecule has 4 nitrogen and oxygen atoms in total. The smallest absolute Gasteiger partial charge is 0.230 e. The average molecular weight is 219 g/mol. The zero-order chi connectivity index (χ0) is 11.5. The summed E-state index contributed by atoms with van der Waals surface area (Å²) >= 11 is 0. The Morgan fingerprint density at radius 3 is 2.81 bits per heavy atom. The second kappa shape index (κ2) is 4.56. The van der Waals surface area contributed by atoms with Gasteiger partial charge in [0, 0.05) is 7.05 Å². The van der Waals surface area contributed by atoms with Crippen LogP contribution in [0.3, 0.4) is 0 Å². The maximum absolute atomic E-state index is 9.02. The third-order valence-corrected chi connectivity index (χ3v) is 3.21. The third-order valence-electron chi connectivity index (χ3n) is 3.21. The standard InChI is InChI=1S/C12H17N3O/c1-9-11(7-13)12(15(2)14-9)16-8-10-5-3-4-6-10/h10H,3-6,8H2,1-2H3. The Morgan fingerprint density at radius 1 is 1.50 bits per heavy atom. The molecule has 0 aliphatic heterocycles. The minimum absolute atomic E-state index is 0.570. The zero-order valence-corrected chi connectivity index (χ0v) is 9.86. The van der Waals surface area contributed by atoms with Crippen LogP contribution in [-0.2, 0) is 7.05 Å². The van der Waals surface area contributed by atoms with Crippen molar-refractivity contribution in [3.63, 3.8) is 0 Å². The van der Waals surface area contributed by atoms with E-state index in [2.05, 4.69) is 11.2 Å². The Hall–Kier alpha value is -1.50. The van der Waals surface area contributed by atoms with Gasteiger partial charge in [0.1, 0.15) is 11.6 Å². The highest BCUT2D eigenvalue weighted by atomic mass is 16.5. The van der Waals surface area contributed by atoms with Crippen LogP contribution in [0.15, 0.2) is 0 Å². The fourth-order valence-corrected chi connectivity index (χ4v) is 2.31. The van der Waals surface area contributed by atoms with E-state index < -0.39 is 0 Å². The van der Waals surface area contributed by atoms with E-state index in [-0.39, 0.29) is 0 Å². The van der Waals surface area contributed by atoms with E-state index in [1.54, 1.807) is 4.68 Å². The van der Waals surface area contributed by atoms with Gasteiger partial charge in [0.15, 0.2) is 0 Å². The summed E-state index contributed by atoms with van der Waals surface area (Å²) in [6, 6.07) is 2.15. The molecule has 0 aromatic carbocycles. The van der Waals surface area contributed by atoms with Crippen molar-refractivity contribution >= 4 is 0 Å². The van der Waals surface area contributed by atoms with Crippen LogP contribution < -0.4 is 4.74 Å². The van der Waals surface area contributed by atoms with Crippen LogP contribution >= 0.6 is 0 Å². The van der Waals surface area contributed by atoms with Crippen molar-refractivity contribution in [2.45, 2.75) is 32.6 Å². The summed E-state index contributed by atoms with van der Waals surface area (Å²) in [5.41, 5.74) is 1.31. The molecule has 0 spiro atoms. The van der Waals surface area contributed by atoms with Crippen molar-refractivity contribution in [1.82, 2.24) is 9.78 Å². The van der Waals surface area contributed by atoms with Gasteiger partial charge in [-0.2, -0.15) is 10.4 Å². The van der Waals surface area contributed by atoms with Gasteiger partial charge in [0.2, 0.25) is 5.88 Å². The summed E-state index contributed by atoms with van der Waals surface area (Å²) < 4.78 is 7.40. The predicted molar refractivity (Wildman–Crippen MR) is 60.1 cm³/mol. The molecule has 0 bridgehead atoms. The molecule has 4 heteroatoms. The summed E-state index contributed by atoms with van der Waals surface area (Å²) in [7, 11) is 1.82. The average Bonchev–Trinajstić information content (AvgIpc) is 2.83. The summed E-state index contributed by atoms with van der Waals surface area (Å²) in [4.78, 5) is 0. The number of ether oxygens (including phenoxy) is 1. The lowest BCUT2D eigenvalue weighted by molar-refractivity contribution is 0.233. The largest absolute Gasteiger partial charge is 0.477 e. The van der Waals surface area contributed by atoms with Crippen molar-refractivity contribution in [2.24, 2.45) is 13.0 Å². The zero-order valence-electron chi connectivity index (χ0n) is 9.86. The number of nitriles is 1. The number of rotatable bonds is 3. The lowest BCUT2D eigenvalue weighted by atomic mass is 10.1. The van der Waals surface area contributed by atoms with Crippen LogP contribution in [0.5, 0.6) is 5.88 Å². The Morgan fingerprint density at radius 2 is 2.19 bits per heavy atom. The maximum Gasteiger partial charge on any atom is 0.230 e. The van der Waals surface area contributed by atoms with Gasteiger partial charge in [0.05, 0.1) is 12.3 Å². The monoisotopic (exact) mass is 219 g/mol. The highest BCUT2D eigenvalue weighted by Crippen LogP contribution is 2.27. The molecular formula is C12H17N3O. The minimum Gasteiger partial charge on any atom is -0.477 e. The lowest BCUT2D eigenvalue weighted by Gasteiger charge is -2.11. The van der Waals surface area contributed by atoms with Crippen LogP contribution in [0.2, 0.25) is 0 Å². The molecule has 0 atom stereocenters. The van der Waals surface area contributed by atoms with Crippen molar-refractivity contribution in [2.75, 3.05) is 6.61 Å². The number of nitrogens with zero attached hydrogens (tertiary/aromatic N) is 3. The molecule has 86 valence electrons. The second-order valence-electron chi connectivity index (χ2n) is 4.46. The summed E-state index contributed by atoms with van der Waals surface area (Å²) in [6.07, 6.45) is 5.12. The molecule has 16 heavy (non-hydrogen) atoms. The van der Waals surface area contributed by atoms with Gasteiger partial charge < -0.3 is 4.74 Å². The predicted octanol–water partition coefficient (Wildman–Crippen LogP) is 2.17. The molecule has 1 aromatic heterocycles. The van der Waals surface area contributed by atoms with E-state index in [1.807, 2.05) is 14.0 Å². The molecular weight excluding hydrogens is 202 g/mol. The summed E-state index contributed by atoms with van der Waals surface area (Å²) in [5, 5.41) is 13.2. The number of hydrogen-bond donors (Lipinski definition) is 0. The van der Waals surface area contributed by atoms with Crippen molar-refractivity contribution < 1.29 is 4.74 Å². The van der Waals surface area contributed by atoms with Gasteiger partial charge in [-0.05, 0) is 25.7 Å². The summed E-state index contributed by atoms with van der Waals surface area (Å²) in [5.74, 6) is 1.27. The van der Waals surface area contributed by atoms with Gasteiger partial charge in [0.25, 0.3) is 0 Å². The van der Waals surface area contributed by atoms with Crippen LogP contribution in [0, 0.1) is 24.2 Å². The van der Waals surface area contributed by atoms with E-state index in [0.717, 1.165) is 5.69 Å². The van der Waals surface area contributed by atoms with Crippen molar-refractivity contribution in [3.8, 4) is 11.9 Å². The van der Waals surface area contributed by atoms with Gasteiger partial charge in [-0.3, -0.25) is 0 Å². The first-order chi connectivity index (χ1) is 7.72. The van der Waals surface area contributed by atoms with Crippen molar-refractivity contribution in [1.29, 1.82) is 5.26 Å². The van der Waals surface area contributed by atoms with Crippen molar-refractivity contribution in [3.05, 3.63) is 11.3 Å². The number of aryl methyl sites for hydroxylation is 2. The van der Waals surface area contributed by atoms with Crippen LogP contribution in [-0.4, -0.2) is 16.4 Å². The Bertz CT molecular complexity index is 411. The van der Waals surface area contributed by atoms with Gasteiger partial charge >= 0.3 is 0 Å². The van der Waals surface area contributed by atoms with E-state index in [9.17, 15) is 0 Å². The fourth-order valence-electron chi connectivity index (χ4n) is 2.31. The quantitative estimate of drug-likeness (QED) is 0.782. The van der Waals surface area contributed by atoms with Crippen LogP contribution in [0.4, 0.5) is 0 Å². The molecule has 1 aliphatic rings. The van der Waals surface area contributed by atoms with Crippen LogP contribution in [0.25, 0.3) is 0 Å². The molecule has 0 amide bonds. The molecule has 2 rings (SSSR count). The molecule has 1 heterocycles. The second-order valence-corrected chi connectivity index (χ2v) is 4.46. The lowest BCUT2D eigenvalue weighted by Crippen LogP contribution is -2.10. The van der Waals surface area contributed by atoms with E-state index in [1.165, 1.54) is 25.7 Å². The number of aromatic nitrogens is 2. The fraction of sp³-hybridized carbons (Fsp3) is 0.667. The Labute approximate surface area is 95.8 Å². The van der Waals surface area contributed by atoms with Gasteiger partial charge in [-0.1, -0.05) is 12.8 Å². The maximum atomic E-state index is 9.02. The Balaban J connectivity index is 2.06. The third kappa shape index (κ3) is 2.04. The first-order valence-corrected chi connectivity index (χ1v) is 5.79. The molecule has 1 saturated carbocycles. The molecule has 0 saturated heterocycles. The topological polar surface area (TPSA) is 50.8 Å². The van der Waals surface area contributed by atoms with Gasteiger partial charge in [-0.15, -0.1) is 0 Å². The van der Waals surface area contributed by atoms with Crippen LogP contribution in [0.1, 0.15) is 36.9 Å². The highest BCUT2D eigenvalue weighted by molar-refractivity contribution is 5.41. The molecule has 0 N–H and O–H groups in total.